The van der Waals surface area contributed by atoms with Crippen LogP contribution in [0.5, 0.6) is 0 Å². The molecular weight excluding hydrogens is 228 g/mol. The molecule has 1 unspecified atom stereocenters. The van der Waals surface area contributed by atoms with Crippen molar-refractivity contribution in [1.29, 1.82) is 0 Å². The van der Waals surface area contributed by atoms with Crippen LogP contribution in [0.25, 0.3) is 0 Å². The number of rotatable bonds is 7. The molecule has 1 aliphatic carbocycles. The third-order valence-corrected chi connectivity index (χ3v) is 3.77. The molecule has 3 nitrogen and oxygen atoms in total. The van der Waals surface area contributed by atoms with E-state index in [0.717, 1.165) is 38.5 Å². The predicted octanol–water partition coefficient (Wildman–Crippen LogP) is 2.40. The fourth-order valence-electron chi connectivity index (χ4n) is 2.74. The van der Waals surface area contributed by atoms with Gasteiger partial charge in [-0.05, 0) is 51.4 Å². The van der Waals surface area contributed by atoms with Crippen molar-refractivity contribution in [3.8, 4) is 0 Å². The summed E-state index contributed by atoms with van der Waals surface area (Å²) >= 11 is 0. The second-order valence-corrected chi connectivity index (χ2v) is 5.70. The number of aliphatic hydroxyl groups excluding tert-OH is 3. The molecule has 0 radical (unpaired) electrons. The van der Waals surface area contributed by atoms with E-state index in [2.05, 4.69) is 13.0 Å². The van der Waals surface area contributed by atoms with Crippen molar-refractivity contribution in [2.24, 2.45) is 5.92 Å². The summed E-state index contributed by atoms with van der Waals surface area (Å²) in [5.74, 6) is 0.145. The zero-order valence-corrected chi connectivity index (χ0v) is 11.7. The molecule has 0 aliphatic heterocycles. The Morgan fingerprint density at radius 2 is 2.11 bits per heavy atom. The van der Waals surface area contributed by atoms with E-state index in [0.29, 0.717) is 6.42 Å². The normalized spacial score (nSPS) is 25.4. The summed E-state index contributed by atoms with van der Waals surface area (Å²) in [6.07, 6.45) is 7.01. The largest absolute Gasteiger partial charge is 0.393 e. The lowest BCUT2D eigenvalue weighted by Crippen LogP contribution is -2.25. The smallest absolute Gasteiger partial charge is 0.0577 e. The summed E-state index contributed by atoms with van der Waals surface area (Å²) in [6, 6.07) is 0. The van der Waals surface area contributed by atoms with Crippen molar-refractivity contribution >= 4 is 0 Å². The lowest BCUT2D eigenvalue weighted by atomic mass is 9.83. The Morgan fingerprint density at radius 3 is 2.61 bits per heavy atom. The van der Waals surface area contributed by atoms with Crippen molar-refractivity contribution in [2.75, 3.05) is 0 Å². The molecule has 0 spiro atoms. The van der Waals surface area contributed by atoms with Gasteiger partial charge in [0.15, 0.2) is 0 Å². The van der Waals surface area contributed by atoms with Crippen LogP contribution in [-0.4, -0.2) is 33.6 Å². The second kappa shape index (κ2) is 7.93. The van der Waals surface area contributed by atoms with Crippen molar-refractivity contribution in [3.63, 3.8) is 0 Å². The highest BCUT2D eigenvalue weighted by Crippen LogP contribution is 2.29. The summed E-state index contributed by atoms with van der Waals surface area (Å²) in [4.78, 5) is 0. The van der Waals surface area contributed by atoms with Crippen LogP contribution in [0, 0.1) is 5.92 Å². The van der Waals surface area contributed by atoms with Crippen LogP contribution in [0.4, 0.5) is 0 Å². The highest BCUT2D eigenvalue weighted by molar-refractivity contribution is 5.08. The number of hydrogen-bond donors (Lipinski definition) is 3. The Balaban J connectivity index is 2.54. The molecule has 0 aromatic rings. The first-order valence-corrected chi connectivity index (χ1v) is 7.25. The Morgan fingerprint density at radius 1 is 1.39 bits per heavy atom. The molecule has 106 valence electrons. The van der Waals surface area contributed by atoms with Gasteiger partial charge in [-0.1, -0.05) is 25.0 Å². The minimum Gasteiger partial charge on any atom is -0.393 e. The van der Waals surface area contributed by atoms with Gasteiger partial charge in [0.05, 0.1) is 18.3 Å². The highest BCUT2D eigenvalue weighted by atomic mass is 16.3. The van der Waals surface area contributed by atoms with Gasteiger partial charge in [0, 0.05) is 0 Å². The molecule has 0 aromatic heterocycles. The van der Waals surface area contributed by atoms with Crippen LogP contribution >= 0.6 is 0 Å². The Kier molecular flexibility index (Phi) is 6.90. The minimum absolute atomic E-state index is 0.145. The summed E-state index contributed by atoms with van der Waals surface area (Å²) in [7, 11) is 0. The van der Waals surface area contributed by atoms with E-state index in [-0.39, 0.29) is 24.2 Å². The van der Waals surface area contributed by atoms with E-state index in [1.165, 1.54) is 5.57 Å². The monoisotopic (exact) mass is 256 g/mol. The zero-order valence-electron chi connectivity index (χ0n) is 11.7. The molecule has 3 heteroatoms. The molecule has 0 heterocycles. The molecule has 4 atom stereocenters. The molecule has 0 aromatic carbocycles. The zero-order chi connectivity index (χ0) is 13.5. The summed E-state index contributed by atoms with van der Waals surface area (Å²) in [6.45, 7) is 3.85. The maximum atomic E-state index is 10.2. The van der Waals surface area contributed by atoms with Gasteiger partial charge in [0.2, 0.25) is 0 Å². The number of hydrogen-bond acceptors (Lipinski definition) is 3. The maximum absolute atomic E-state index is 10.2. The van der Waals surface area contributed by atoms with Gasteiger partial charge in [0.1, 0.15) is 0 Å². The topological polar surface area (TPSA) is 60.7 Å². The maximum Gasteiger partial charge on any atom is 0.0577 e. The Bertz CT molecular complexity index is 260. The molecule has 0 bridgehead atoms. The fraction of sp³-hybridized carbons (Fsp3) is 0.867. The van der Waals surface area contributed by atoms with Crippen LogP contribution in [0.2, 0.25) is 0 Å². The Hall–Kier alpha value is -0.380. The molecule has 1 aliphatic rings. The molecule has 0 saturated carbocycles. The summed E-state index contributed by atoms with van der Waals surface area (Å²) in [5.41, 5.74) is 1.33. The van der Waals surface area contributed by atoms with Gasteiger partial charge in [-0.15, -0.1) is 0 Å². The summed E-state index contributed by atoms with van der Waals surface area (Å²) < 4.78 is 0. The lowest BCUT2D eigenvalue weighted by Gasteiger charge is -2.27. The first kappa shape index (κ1) is 15.7. The van der Waals surface area contributed by atoms with Crippen LogP contribution in [0.3, 0.4) is 0 Å². The van der Waals surface area contributed by atoms with E-state index in [1.54, 1.807) is 6.92 Å². The van der Waals surface area contributed by atoms with Crippen molar-refractivity contribution < 1.29 is 15.3 Å². The van der Waals surface area contributed by atoms with Crippen LogP contribution in [-0.2, 0) is 0 Å². The van der Waals surface area contributed by atoms with Gasteiger partial charge in [-0.25, -0.2) is 0 Å². The number of aliphatic hydroxyl groups is 3. The predicted molar refractivity (Wildman–Crippen MR) is 73.3 cm³/mol. The average Bonchev–Trinajstić information content (AvgIpc) is 2.31. The van der Waals surface area contributed by atoms with Gasteiger partial charge in [-0.2, -0.15) is 0 Å². The van der Waals surface area contributed by atoms with Gasteiger partial charge in [-0.3, -0.25) is 0 Å². The van der Waals surface area contributed by atoms with Gasteiger partial charge in [0.25, 0.3) is 0 Å². The first-order chi connectivity index (χ1) is 8.52. The molecule has 18 heavy (non-hydrogen) atoms. The van der Waals surface area contributed by atoms with Gasteiger partial charge >= 0.3 is 0 Å². The molecule has 3 N–H and O–H groups in total. The molecule has 0 fully saturated rings. The first-order valence-electron chi connectivity index (χ1n) is 7.25. The van der Waals surface area contributed by atoms with Crippen molar-refractivity contribution in [1.82, 2.24) is 0 Å². The average molecular weight is 256 g/mol. The van der Waals surface area contributed by atoms with Crippen molar-refractivity contribution in [3.05, 3.63) is 11.6 Å². The lowest BCUT2D eigenvalue weighted by molar-refractivity contribution is 0.0596. The third-order valence-electron chi connectivity index (χ3n) is 3.77. The molecule has 0 saturated heterocycles. The van der Waals surface area contributed by atoms with Crippen LogP contribution in [0.1, 0.15) is 58.8 Å². The van der Waals surface area contributed by atoms with E-state index in [9.17, 15) is 15.3 Å². The van der Waals surface area contributed by atoms with Crippen molar-refractivity contribution in [2.45, 2.75) is 77.1 Å². The molecular formula is C15H28O3. The standard InChI is InChI=1S/C15H28O3/c1-3-4-15(18)13(9-11(2)16)10-12-5-7-14(17)8-6-12/h5,11,13-18H,3-4,6-10H2,1-2H3/t11-,13?,14-,15-/m0/s1. The Labute approximate surface area is 111 Å². The molecule has 1 rings (SSSR count). The second-order valence-electron chi connectivity index (χ2n) is 5.70. The van der Waals surface area contributed by atoms with Crippen LogP contribution < -0.4 is 0 Å². The quantitative estimate of drug-likeness (QED) is 0.613. The van der Waals surface area contributed by atoms with Crippen LogP contribution in [0.15, 0.2) is 11.6 Å². The van der Waals surface area contributed by atoms with E-state index in [1.807, 2.05) is 0 Å². The van der Waals surface area contributed by atoms with E-state index >= 15 is 0 Å². The summed E-state index contributed by atoms with van der Waals surface area (Å²) in [5, 5.41) is 29.2. The number of allylic oxidation sites excluding steroid dienone is 1. The minimum atomic E-state index is -0.365. The van der Waals surface area contributed by atoms with E-state index < -0.39 is 0 Å². The third kappa shape index (κ3) is 5.51. The highest BCUT2D eigenvalue weighted by Gasteiger charge is 2.23. The van der Waals surface area contributed by atoms with E-state index in [4.69, 9.17) is 0 Å². The molecule has 0 amide bonds. The van der Waals surface area contributed by atoms with Gasteiger partial charge < -0.3 is 15.3 Å². The fourth-order valence-corrected chi connectivity index (χ4v) is 2.74. The SMILES string of the molecule is CCC[C@H](O)C(CC1=CC[C@H](O)CC1)C[C@H](C)O.